The Balaban J connectivity index is 1.99. The van der Waals surface area contributed by atoms with Crippen LogP contribution in [0.1, 0.15) is 25.3 Å². The van der Waals surface area contributed by atoms with Gasteiger partial charge in [-0.15, -0.1) is 0 Å². The zero-order valence-electron chi connectivity index (χ0n) is 12.8. The molecule has 0 amide bonds. The highest BCUT2D eigenvalue weighted by Crippen LogP contribution is 2.30. The van der Waals surface area contributed by atoms with Gasteiger partial charge in [0.25, 0.3) is 0 Å². The van der Waals surface area contributed by atoms with Crippen molar-refractivity contribution in [3.63, 3.8) is 0 Å². The smallest absolute Gasteiger partial charge is 0.139 e. The summed E-state index contributed by atoms with van der Waals surface area (Å²) in [5.41, 5.74) is 3.04. The molecule has 0 unspecified atom stereocenters. The van der Waals surface area contributed by atoms with E-state index in [1.54, 1.807) is 12.4 Å². The number of anilines is 2. The lowest BCUT2D eigenvalue weighted by molar-refractivity contribution is 0.650. The fourth-order valence-electron chi connectivity index (χ4n) is 2.55. The van der Waals surface area contributed by atoms with E-state index in [4.69, 9.17) is 11.6 Å². The summed E-state index contributed by atoms with van der Waals surface area (Å²) in [6.45, 7) is 5.21. The van der Waals surface area contributed by atoms with Crippen LogP contribution in [0.3, 0.4) is 0 Å². The van der Waals surface area contributed by atoms with Crippen LogP contribution in [0.5, 0.6) is 0 Å². The van der Waals surface area contributed by atoms with E-state index in [2.05, 4.69) is 45.1 Å². The van der Waals surface area contributed by atoms with Crippen molar-refractivity contribution in [2.75, 3.05) is 5.32 Å². The summed E-state index contributed by atoms with van der Waals surface area (Å²) in [5.74, 6) is 0.823. The maximum Gasteiger partial charge on any atom is 0.139 e. The van der Waals surface area contributed by atoms with Crippen molar-refractivity contribution in [1.82, 2.24) is 14.5 Å². The van der Waals surface area contributed by atoms with Crippen LogP contribution in [0, 0.1) is 6.92 Å². The van der Waals surface area contributed by atoms with Gasteiger partial charge in [-0.3, -0.25) is 4.98 Å². The third-order valence-electron chi connectivity index (χ3n) is 3.78. The lowest BCUT2D eigenvalue weighted by Crippen LogP contribution is -1.99. The molecule has 0 aliphatic carbocycles. The van der Waals surface area contributed by atoms with Crippen LogP contribution in [0.15, 0.2) is 36.9 Å². The van der Waals surface area contributed by atoms with Gasteiger partial charge in [0, 0.05) is 36.7 Å². The van der Waals surface area contributed by atoms with Crippen molar-refractivity contribution in [2.45, 2.75) is 33.2 Å². The zero-order valence-corrected chi connectivity index (χ0v) is 13.6. The summed E-state index contributed by atoms with van der Waals surface area (Å²) < 4.78 is 2.27. The van der Waals surface area contributed by atoms with Crippen molar-refractivity contribution in [1.29, 1.82) is 0 Å². The van der Waals surface area contributed by atoms with Gasteiger partial charge in [0.2, 0.25) is 0 Å². The van der Waals surface area contributed by atoms with Gasteiger partial charge in [-0.25, -0.2) is 4.98 Å². The summed E-state index contributed by atoms with van der Waals surface area (Å²) in [5, 5.41) is 5.06. The maximum atomic E-state index is 6.25. The Morgan fingerprint density at radius 3 is 2.91 bits per heavy atom. The average Bonchev–Trinajstić information content (AvgIpc) is 2.93. The molecular weight excluding hydrogens is 296 g/mol. The molecule has 3 aromatic heterocycles. The maximum absolute atomic E-state index is 6.25. The molecule has 3 aromatic rings. The first-order valence-electron chi connectivity index (χ1n) is 7.51. The Bertz CT molecular complexity index is 774. The van der Waals surface area contributed by atoms with Gasteiger partial charge in [0.15, 0.2) is 0 Å². The summed E-state index contributed by atoms with van der Waals surface area (Å²) in [4.78, 5) is 8.56. The molecule has 22 heavy (non-hydrogen) atoms. The van der Waals surface area contributed by atoms with Crippen LogP contribution >= 0.6 is 11.6 Å². The molecule has 0 aromatic carbocycles. The normalized spacial score (nSPS) is 11.0. The van der Waals surface area contributed by atoms with E-state index in [0.29, 0.717) is 5.02 Å². The zero-order chi connectivity index (χ0) is 15.5. The number of fused-ring (bicyclic) bond motifs is 1. The second kappa shape index (κ2) is 6.36. The number of nitrogens with zero attached hydrogens (tertiary/aromatic N) is 3. The van der Waals surface area contributed by atoms with Crippen LogP contribution in [0.2, 0.25) is 5.02 Å². The molecule has 0 saturated carbocycles. The number of hydrogen-bond donors (Lipinski definition) is 1. The molecule has 114 valence electrons. The number of rotatable bonds is 5. The second-order valence-electron chi connectivity index (χ2n) is 5.39. The Kier molecular flexibility index (Phi) is 4.29. The van der Waals surface area contributed by atoms with Crippen LogP contribution in [-0.4, -0.2) is 14.5 Å². The van der Waals surface area contributed by atoms with Crippen molar-refractivity contribution in [3.8, 4) is 0 Å². The van der Waals surface area contributed by atoms with Gasteiger partial charge in [-0.05, 0) is 31.0 Å². The van der Waals surface area contributed by atoms with Crippen LogP contribution < -0.4 is 5.32 Å². The minimum absolute atomic E-state index is 0.601. The van der Waals surface area contributed by atoms with E-state index < -0.39 is 0 Å². The molecule has 3 rings (SSSR count). The first-order chi connectivity index (χ1) is 10.7. The second-order valence-corrected chi connectivity index (χ2v) is 5.80. The quantitative estimate of drug-likeness (QED) is 0.725. The number of aromatic nitrogens is 3. The van der Waals surface area contributed by atoms with E-state index in [0.717, 1.165) is 29.0 Å². The van der Waals surface area contributed by atoms with Crippen molar-refractivity contribution in [3.05, 3.63) is 47.5 Å². The Hall–Kier alpha value is -2.07. The number of nitrogens with one attached hydrogen (secondary N) is 1. The van der Waals surface area contributed by atoms with E-state index in [1.165, 1.54) is 18.4 Å². The summed E-state index contributed by atoms with van der Waals surface area (Å²) in [6, 6.07) is 4.15. The van der Waals surface area contributed by atoms with E-state index in [1.807, 2.05) is 13.1 Å². The first-order valence-corrected chi connectivity index (χ1v) is 7.89. The Labute approximate surface area is 135 Å². The van der Waals surface area contributed by atoms with E-state index in [9.17, 15) is 0 Å². The molecule has 0 aliphatic rings. The molecule has 0 saturated heterocycles. The topological polar surface area (TPSA) is 42.7 Å². The Morgan fingerprint density at radius 1 is 1.27 bits per heavy atom. The minimum atomic E-state index is 0.601. The number of unbranched alkanes of at least 4 members (excludes halogenated alkanes) is 1. The third-order valence-corrected chi connectivity index (χ3v) is 4.07. The fourth-order valence-corrected chi connectivity index (χ4v) is 2.81. The molecule has 5 heteroatoms. The standard InChI is InChI=1S/C17H19ClN4/c1-3-4-8-22-9-6-13-15(22)5-7-20-17(13)21-16-12(2)10-19-11-14(16)18/h5-7,9-11H,3-4,8H2,1-2H3,(H,19,20,21). The summed E-state index contributed by atoms with van der Waals surface area (Å²) >= 11 is 6.25. The van der Waals surface area contributed by atoms with Gasteiger partial charge in [0.1, 0.15) is 5.82 Å². The number of aryl methyl sites for hydroxylation is 2. The number of pyridine rings is 2. The average molecular weight is 315 g/mol. The van der Waals surface area contributed by atoms with Gasteiger partial charge in [0.05, 0.1) is 16.2 Å². The van der Waals surface area contributed by atoms with Gasteiger partial charge >= 0.3 is 0 Å². The SMILES string of the molecule is CCCCn1ccc2c(Nc3c(C)cncc3Cl)nccc21. The number of halogens is 1. The lowest BCUT2D eigenvalue weighted by Gasteiger charge is -2.11. The van der Waals surface area contributed by atoms with Crippen molar-refractivity contribution < 1.29 is 0 Å². The Morgan fingerprint density at radius 2 is 2.14 bits per heavy atom. The molecule has 0 fully saturated rings. The van der Waals surface area contributed by atoms with E-state index in [-0.39, 0.29) is 0 Å². The van der Waals surface area contributed by atoms with Crippen LogP contribution in [0.25, 0.3) is 10.9 Å². The molecule has 0 aliphatic heterocycles. The summed E-state index contributed by atoms with van der Waals surface area (Å²) in [7, 11) is 0. The monoisotopic (exact) mass is 314 g/mol. The van der Waals surface area contributed by atoms with Crippen molar-refractivity contribution in [2.24, 2.45) is 0 Å². The molecule has 4 nitrogen and oxygen atoms in total. The lowest BCUT2D eigenvalue weighted by atomic mass is 10.2. The highest BCUT2D eigenvalue weighted by Gasteiger charge is 2.10. The predicted octanol–water partition coefficient (Wildman–Crippen LogP) is 4.94. The molecule has 1 N–H and O–H groups in total. The third kappa shape index (κ3) is 2.79. The molecular formula is C17H19ClN4. The van der Waals surface area contributed by atoms with Gasteiger partial charge in [-0.2, -0.15) is 0 Å². The number of hydrogen-bond acceptors (Lipinski definition) is 3. The predicted molar refractivity (Wildman–Crippen MR) is 91.9 cm³/mol. The van der Waals surface area contributed by atoms with Crippen LogP contribution in [-0.2, 0) is 6.54 Å². The molecule has 0 spiro atoms. The fraction of sp³-hybridized carbons (Fsp3) is 0.294. The highest BCUT2D eigenvalue weighted by atomic mass is 35.5. The molecule has 0 atom stereocenters. The van der Waals surface area contributed by atoms with Gasteiger partial charge < -0.3 is 9.88 Å². The van der Waals surface area contributed by atoms with Gasteiger partial charge in [-0.1, -0.05) is 24.9 Å². The largest absolute Gasteiger partial charge is 0.347 e. The minimum Gasteiger partial charge on any atom is -0.347 e. The molecule has 3 heterocycles. The van der Waals surface area contributed by atoms with E-state index >= 15 is 0 Å². The molecule has 0 radical (unpaired) electrons. The van der Waals surface area contributed by atoms with Crippen LogP contribution in [0.4, 0.5) is 11.5 Å². The highest BCUT2D eigenvalue weighted by molar-refractivity contribution is 6.33. The molecule has 0 bridgehead atoms. The van der Waals surface area contributed by atoms with Crippen molar-refractivity contribution >= 4 is 34.0 Å². The first kappa shape index (κ1) is 14.9. The summed E-state index contributed by atoms with van der Waals surface area (Å²) in [6.07, 6.45) is 9.74.